The van der Waals surface area contributed by atoms with Gasteiger partial charge < -0.3 is 29.5 Å². The standard InChI is InChI=1S/C35H36F3N5O5/c1-6-33(5,7-2)31(45)40-22-15-18-12-13-23-20(14-18)34(19-10-8-9-11-21(19)41-32(34)46-23)27-26(29-39-16-24(47-29)35(36,37)38)43-30(48-27)25(17(3)4)42-28(22)44/h8-14,16-17,22,25,32,41H,6-7,15H2,1-5H3,(H,40,45)(H,42,44)/t22-,25-,32?,34?/m0/s1. The number of ether oxygens (including phenoxy) is 1. The van der Waals surface area contributed by atoms with Gasteiger partial charge in [-0.25, -0.2) is 9.97 Å². The number of rotatable bonds is 6. The number of carbonyl (C=O) groups is 2. The fourth-order valence-corrected chi connectivity index (χ4v) is 6.87. The first-order valence-electron chi connectivity index (χ1n) is 16.1. The van der Waals surface area contributed by atoms with E-state index in [2.05, 4.69) is 20.9 Å². The van der Waals surface area contributed by atoms with Gasteiger partial charge in [-0.15, -0.1) is 0 Å². The molecule has 0 aliphatic carbocycles. The van der Waals surface area contributed by atoms with Gasteiger partial charge in [0.1, 0.15) is 23.2 Å². The van der Waals surface area contributed by atoms with E-state index in [1.807, 2.05) is 71.0 Å². The lowest BCUT2D eigenvalue weighted by atomic mass is 9.72. The zero-order valence-electron chi connectivity index (χ0n) is 27.1. The Morgan fingerprint density at radius 3 is 2.52 bits per heavy atom. The summed E-state index contributed by atoms with van der Waals surface area (Å²) in [6.07, 6.45) is -3.59. The molecule has 3 aliphatic heterocycles. The Hall–Kier alpha value is -4.81. The molecule has 10 nitrogen and oxygen atoms in total. The van der Waals surface area contributed by atoms with Crippen molar-refractivity contribution < 1.29 is 36.3 Å². The van der Waals surface area contributed by atoms with Crippen molar-refractivity contribution in [1.29, 1.82) is 0 Å². The van der Waals surface area contributed by atoms with E-state index >= 15 is 0 Å². The number of aromatic nitrogens is 2. The summed E-state index contributed by atoms with van der Waals surface area (Å²) in [5, 5.41) is 9.45. The number of oxazole rings is 2. The van der Waals surface area contributed by atoms with Crippen LogP contribution >= 0.6 is 0 Å². The Morgan fingerprint density at radius 1 is 1.08 bits per heavy atom. The van der Waals surface area contributed by atoms with Gasteiger partial charge >= 0.3 is 6.18 Å². The molecule has 1 spiro atoms. The molecular weight excluding hydrogens is 627 g/mol. The predicted octanol–water partition coefficient (Wildman–Crippen LogP) is 6.51. The van der Waals surface area contributed by atoms with Crippen molar-refractivity contribution in [3.63, 3.8) is 0 Å². The van der Waals surface area contributed by atoms with Crippen molar-refractivity contribution in [2.75, 3.05) is 5.32 Å². The van der Waals surface area contributed by atoms with Crippen LogP contribution < -0.4 is 20.7 Å². The molecule has 0 saturated heterocycles. The molecule has 0 radical (unpaired) electrons. The number of hydrogen-bond donors (Lipinski definition) is 3. The Morgan fingerprint density at radius 2 is 1.83 bits per heavy atom. The molecule has 2 aromatic carbocycles. The first-order valence-corrected chi connectivity index (χ1v) is 16.1. The molecule has 13 heteroatoms. The second kappa shape index (κ2) is 11.1. The quantitative estimate of drug-likeness (QED) is 0.213. The van der Waals surface area contributed by atoms with Gasteiger partial charge in [-0.2, -0.15) is 13.2 Å². The molecular formula is C35H36F3N5O5. The van der Waals surface area contributed by atoms with Gasteiger partial charge in [-0.3, -0.25) is 9.59 Å². The maximum atomic E-state index is 14.1. The summed E-state index contributed by atoms with van der Waals surface area (Å²) in [6.45, 7) is 9.46. The van der Waals surface area contributed by atoms with E-state index in [4.69, 9.17) is 18.6 Å². The van der Waals surface area contributed by atoms with Gasteiger partial charge in [-0.1, -0.05) is 65.0 Å². The number of anilines is 1. The van der Waals surface area contributed by atoms with Crippen LogP contribution in [0.5, 0.6) is 5.75 Å². The third kappa shape index (κ3) is 4.76. The lowest BCUT2D eigenvalue weighted by Gasteiger charge is -2.30. The van der Waals surface area contributed by atoms with Crippen molar-refractivity contribution in [3.8, 4) is 17.3 Å². The average Bonchev–Trinajstić information content (AvgIpc) is 3.83. The lowest BCUT2D eigenvalue weighted by Crippen LogP contribution is -2.52. The van der Waals surface area contributed by atoms with E-state index in [0.717, 1.165) is 16.8 Å². The van der Waals surface area contributed by atoms with E-state index < -0.39 is 47.0 Å². The summed E-state index contributed by atoms with van der Waals surface area (Å²) >= 11 is 0. The molecule has 48 heavy (non-hydrogen) atoms. The molecule has 0 fully saturated rings. The molecule has 4 aromatic rings. The molecule has 0 saturated carbocycles. The van der Waals surface area contributed by atoms with Gasteiger partial charge in [0.15, 0.2) is 17.7 Å². The molecule has 2 unspecified atom stereocenters. The molecule has 4 atom stereocenters. The van der Waals surface area contributed by atoms with Crippen LogP contribution in [0.3, 0.4) is 0 Å². The van der Waals surface area contributed by atoms with E-state index in [0.29, 0.717) is 30.4 Å². The molecule has 2 aromatic heterocycles. The van der Waals surface area contributed by atoms with Gasteiger partial charge in [0.25, 0.3) is 0 Å². The van der Waals surface area contributed by atoms with Crippen molar-refractivity contribution in [2.24, 2.45) is 11.3 Å². The second-order valence-electron chi connectivity index (χ2n) is 13.3. The minimum absolute atomic E-state index is 0.0449. The third-order valence-corrected chi connectivity index (χ3v) is 10.1. The third-order valence-electron chi connectivity index (χ3n) is 10.1. The second-order valence-corrected chi connectivity index (χ2v) is 13.3. The SMILES string of the molecule is CCC(C)(CC)C(=O)N[C@H]1Cc2ccc3c(c2)C2(c4ccccc4NC2O3)c2oc(nc2-c2ncc(C(F)(F)F)o2)[C@H](C(C)C)NC1=O. The van der Waals surface area contributed by atoms with Crippen LogP contribution in [-0.4, -0.2) is 34.1 Å². The molecule has 4 bridgehead atoms. The highest BCUT2D eigenvalue weighted by Gasteiger charge is 2.61. The van der Waals surface area contributed by atoms with E-state index in [9.17, 15) is 22.8 Å². The Bertz CT molecular complexity index is 1910. The summed E-state index contributed by atoms with van der Waals surface area (Å²) in [5.74, 6) is -1.91. The number of para-hydroxylation sites is 1. The summed E-state index contributed by atoms with van der Waals surface area (Å²) in [6, 6.07) is 11.3. The topological polar surface area (TPSA) is 132 Å². The van der Waals surface area contributed by atoms with Crippen LogP contribution in [0.15, 0.2) is 57.5 Å². The van der Waals surface area contributed by atoms with Crippen LogP contribution in [0, 0.1) is 11.3 Å². The minimum Gasteiger partial charge on any atom is -0.469 e. The summed E-state index contributed by atoms with van der Waals surface area (Å²) in [5.41, 5.74) is 0.935. The smallest absolute Gasteiger partial charge is 0.451 e. The number of halogens is 3. The lowest BCUT2D eigenvalue weighted by molar-refractivity contribution is -0.152. The van der Waals surface area contributed by atoms with Crippen LogP contribution in [0.2, 0.25) is 0 Å². The molecule has 7 rings (SSSR count). The molecule has 5 heterocycles. The average molecular weight is 664 g/mol. The minimum atomic E-state index is -4.78. The van der Waals surface area contributed by atoms with Crippen molar-refractivity contribution in [3.05, 3.63) is 82.8 Å². The fourth-order valence-electron chi connectivity index (χ4n) is 6.87. The maximum absolute atomic E-state index is 14.1. The Balaban J connectivity index is 1.48. The number of amides is 2. The van der Waals surface area contributed by atoms with Crippen molar-refractivity contribution in [2.45, 2.75) is 83.8 Å². The zero-order chi connectivity index (χ0) is 34.2. The molecule has 2 amide bonds. The number of nitrogens with zero attached hydrogens (tertiary/aromatic N) is 2. The number of benzene rings is 2. The van der Waals surface area contributed by atoms with Gasteiger partial charge in [0, 0.05) is 23.1 Å². The molecule has 3 N–H and O–H groups in total. The molecule has 3 aliphatic rings. The van der Waals surface area contributed by atoms with Gasteiger partial charge in [-0.05, 0) is 42.0 Å². The first kappa shape index (κ1) is 31.8. The number of nitrogens with one attached hydrogen (secondary N) is 3. The monoisotopic (exact) mass is 663 g/mol. The highest BCUT2D eigenvalue weighted by Crippen LogP contribution is 2.59. The zero-order valence-corrected chi connectivity index (χ0v) is 27.1. The summed E-state index contributed by atoms with van der Waals surface area (Å²) in [4.78, 5) is 36.4. The highest BCUT2D eigenvalue weighted by atomic mass is 19.4. The van der Waals surface area contributed by atoms with Crippen LogP contribution in [0.1, 0.15) is 87.6 Å². The number of carbonyl (C=O) groups excluding carboxylic acids is 2. The van der Waals surface area contributed by atoms with Crippen LogP contribution in [0.4, 0.5) is 18.9 Å². The van der Waals surface area contributed by atoms with E-state index in [1.165, 1.54) is 0 Å². The highest BCUT2D eigenvalue weighted by molar-refractivity contribution is 5.90. The summed E-state index contributed by atoms with van der Waals surface area (Å²) < 4.78 is 59.6. The van der Waals surface area contributed by atoms with Crippen LogP contribution in [0.25, 0.3) is 11.6 Å². The Kier molecular flexibility index (Phi) is 7.37. The number of alkyl halides is 3. The fraction of sp³-hybridized carbons (Fsp3) is 0.429. The van der Waals surface area contributed by atoms with Gasteiger partial charge in [0.2, 0.25) is 29.4 Å². The summed E-state index contributed by atoms with van der Waals surface area (Å²) in [7, 11) is 0. The van der Waals surface area contributed by atoms with E-state index in [-0.39, 0.29) is 41.5 Å². The molecule has 252 valence electrons. The maximum Gasteiger partial charge on any atom is 0.451 e. The predicted molar refractivity (Wildman–Crippen MR) is 168 cm³/mol. The van der Waals surface area contributed by atoms with E-state index in [1.54, 1.807) is 6.07 Å². The number of hydrogen-bond acceptors (Lipinski definition) is 8. The Labute approximate surface area is 274 Å². The normalized spacial score (nSPS) is 22.9. The van der Waals surface area contributed by atoms with Crippen LogP contribution in [-0.2, 0) is 27.6 Å². The van der Waals surface area contributed by atoms with Crippen molar-refractivity contribution in [1.82, 2.24) is 20.6 Å². The van der Waals surface area contributed by atoms with Crippen molar-refractivity contribution >= 4 is 17.5 Å². The number of fused-ring (bicyclic) bond motifs is 4. The van der Waals surface area contributed by atoms with Gasteiger partial charge in [0.05, 0.1) is 6.20 Å². The first-order chi connectivity index (χ1) is 22.8. The largest absolute Gasteiger partial charge is 0.469 e.